The molecule has 5 heteroatoms. The maximum Gasteiger partial charge on any atom is 0.161 e. The topological polar surface area (TPSA) is 50.7 Å². The van der Waals surface area contributed by atoms with Gasteiger partial charge < -0.3 is 19.9 Å². The van der Waals surface area contributed by atoms with Crippen molar-refractivity contribution in [3.8, 4) is 11.5 Å². The molecule has 23 heavy (non-hydrogen) atoms. The molecular weight excluding hydrogens is 297 g/mol. The summed E-state index contributed by atoms with van der Waals surface area (Å²) in [6, 6.07) is 12.3. The van der Waals surface area contributed by atoms with E-state index in [0.717, 1.165) is 11.1 Å². The van der Waals surface area contributed by atoms with Crippen LogP contribution in [0.15, 0.2) is 42.5 Å². The Labute approximate surface area is 135 Å². The number of methoxy groups -OCH3 is 1. The van der Waals surface area contributed by atoms with Crippen LogP contribution in [0.3, 0.4) is 0 Å². The van der Waals surface area contributed by atoms with Gasteiger partial charge in [-0.25, -0.2) is 4.39 Å². The predicted octanol–water partition coefficient (Wildman–Crippen LogP) is 3.06. The molecule has 2 rings (SSSR count). The second-order valence-corrected chi connectivity index (χ2v) is 5.21. The molecule has 1 atom stereocenters. The minimum absolute atomic E-state index is 0.0451. The average molecular weight is 319 g/mol. The van der Waals surface area contributed by atoms with Gasteiger partial charge >= 0.3 is 0 Å². The maximum atomic E-state index is 13.2. The van der Waals surface area contributed by atoms with Crippen molar-refractivity contribution in [1.82, 2.24) is 5.32 Å². The van der Waals surface area contributed by atoms with Gasteiger partial charge in [0, 0.05) is 12.6 Å². The Hall–Kier alpha value is -2.11. The van der Waals surface area contributed by atoms with Crippen molar-refractivity contribution in [3.05, 3.63) is 59.4 Å². The van der Waals surface area contributed by atoms with Crippen LogP contribution in [-0.4, -0.2) is 25.4 Å². The van der Waals surface area contributed by atoms with E-state index in [-0.39, 0.29) is 25.1 Å². The summed E-state index contributed by atoms with van der Waals surface area (Å²) in [5.41, 5.74) is 1.93. The molecule has 0 aliphatic rings. The molecule has 0 aliphatic carbocycles. The number of benzene rings is 2. The molecule has 2 aromatic rings. The molecule has 0 amide bonds. The van der Waals surface area contributed by atoms with E-state index in [2.05, 4.69) is 5.32 Å². The Morgan fingerprint density at radius 1 is 1.17 bits per heavy atom. The molecule has 0 fully saturated rings. The minimum Gasteiger partial charge on any atom is -0.493 e. The highest BCUT2D eigenvalue weighted by molar-refractivity contribution is 5.43. The van der Waals surface area contributed by atoms with E-state index in [4.69, 9.17) is 14.6 Å². The predicted molar refractivity (Wildman–Crippen MR) is 87.2 cm³/mol. The van der Waals surface area contributed by atoms with Gasteiger partial charge in [0.2, 0.25) is 0 Å². The summed E-state index contributed by atoms with van der Waals surface area (Å²) in [4.78, 5) is 0. The SMILES string of the molecule is COc1cc(C(C)NCc2cccc(F)c2)ccc1OCCO. The normalized spacial score (nSPS) is 12.0. The zero-order valence-electron chi connectivity index (χ0n) is 13.4. The van der Waals surface area contributed by atoms with Gasteiger partial charge in [-0.15, -0.1) is 0 Å². The standard InChI is InChI=1S/C18H22FNO3/c1-13(20-12-14-4-3-5-16(19)10-14)15-6-7-17(23-9-8-21)18(11-15)22-2/h3-7,10-11,13,20-21H,8-9,12H2,1-2H3. The molecule has 1 unspecified atom stereocenters. The Bertz CT molecular complexity index is 633. The van der Waals surface area contributed by atoms with Crippen molar-refractivity contribution in [3.63, 3.8) is 0 Å². The molecule has 0 spiro atoms. The highest BCUT2D eigenvalue weighted by atomic mass is 19.1. The van der Waals surface area contributed by atoms with Crippen molar-refractivity contribution < 1.29 is 19.0 Å². The summed E-state index contributed by atoms with van der Waals surface area (Å²) in [5, 5.41) is 12.2. The zero-order valence-corrected chi connectivity index (χ0v) is 13.4. The Morgan fingerprint density at radius 3 is 2.70 bits per heavy atom. The van der Waals surface area contributed by atoms with Gasteiger partial charge in [0.05, 0.1) is 13.7 Å². The van der Waals surface area contributed by atoms with E-state index in [1.807, 2.05) is 31.2 Å². The van der Waals surface area contributed by atoms with Crippen LogP contribution in [0.25, 0.3) is 0 Å². The van der Waals surface area contributed by atoms with Crippen LogP contribution in [-0.2, 0) is 6.54 Å². The first-order valence-electron chi connectivity index (χ1n) is 7.53. The maximum absolute atomic E-state index is 13.2. The summed E-state index contributed by atoms with van der Waals surface area (Å²) in [6.07, 6.45) is 0. The largest absolute Gasteiger partial charge is 0.493 e. The van der Waals surface area contributed by atoms with E-state index in [1.54, 1.807) is 13.2 Å². The monoisotopic (exact) mass is 319 g/mol. The van der Waals surface area contributed by atoms with Crippen LogP contribution in [0.2, 0.25) is 0 Å². The van der Waals surface area contributed by atoms with Gasteiger partial charge in [-0.05, 0) is 42.3 Å². The van der Waals surface area contributed by atoms with Gasteiger partial charge in [0.1, 0.15) is 12.4 Å². The Morgan fingerprint density at radius 2 is 2.00 bits per heavy atom. The van der Waals surface area contributed by atoms with Gasteiger partial charge in [0.15, 0.2) is 11.5 Å². The van der Waals surface area contributed by atoms with Crippen molar-refractivity contribution in [2.75, 3.05) is 20.3 Å². The van der Waals surface area contributed by atoms with E-state index in [9.17, 15) is 4.39 Å². The Kier molecular flexibility index (Phi) is 6.38. The molecule has 0 aliphatic heterocycles. The van der Waals surface area contributed by atoms with Crippen LogP contribution in [0.5, 0.6) is 11.5 Å². The molecule has 0 heterocycles. The lowest BCUT2D eigenvalue weighted by molar-refractivity contribution is 0.196. The molecule has 0 aromatic heterocycles. The number of aliphatic hydroxyl groups is 1. The first-order chi connectivity index (χ1) is 11.1. The molecule has 4 nitrogen and oxygen atoms in total. The number of aliphatic hydroxyl groups excluding tert-OH is 1. The number of hydrogen-bond donors (Lipinski definition) is 2. The third kappa shape index (κ3) is 4.94. The van der Waals surface area contributed by atoms with Crippen LogP contribution in [0.1, 0.15) is 24.1 Å². The lowest BCUT2D eigenvalue weighted by Gasteiger charge is -2.17. The fourth-order valence-corrected chi connectivity index (χ4v) is 2.26. The van der Waals surface area contributed by atoms with E-state index in [0.29, 0.717) is 18.0 Å². The molecule has 0 bridgehead atoms. The number of hydrogen-bond acceptors (Lipinski definition) is 4. The van der Waals surface area contributed by atoms with Crippen molar-refractivity contribution in [1.29, 1.82) is 0 Å². The smallest absolute Gasteiger partial charge is 0.161 e. The lowest BCUT2D eigenvalue weighted by Crippen LogP contribution is -2.18. The zero-order chi connectivity index (χ0) is 16.7. The van der Waals surface area contributed by atoms with Crippen LogP contribution in [0.4, 0.5) is 4.39 Å². The molecule has 2 aromatic carbocycles. The summed E-state index contributed by atoms with van der Waals surface area (Å²) >= 11 is 0. The molecule has 0 radical (unpaired) electrons. The molecule has 2 N–H and O–H groups in total. The van der Waals surface area contributed by atoms with Crippen LogP contribution >= 0.6 is 0 Å². The summed E-state index contributed by atoms with van der Waals surface area (Å²) < 4.78 is 23.9. The highest BCUT2D eigenvalue weighted by Gasteiger charge is 2.10. The van der Waals surface area contributed by atoms with Crippen molar-refractivity contribution in [2.24, 2.45) is 0 Å². The van der Waals surface area contributed by atoms with E-state index < -0.39 is 0 Å². The number of nitrogens with one attached hydrogen (secondary N) is 1. The van der Waals surface area contributed by atoms with Crippen LogP contribution < -0.4 is 14.8 Å². The number of rotatable bonds is 8. The van der Waals surface area contributed by atoms with Gasteiger partial charge in [0.25, 0.3) is 0 Å². The second-order valence-electron chi connectivity index (χ2n) is 5.21. The lowest BCUT2D eigenvalue weighted by atomic mass is 10.1. The molecular formula is C18H22FNO3. The van der Waals surface area contributed by atoms with E-state index in [1.165, 1.54) is 12.1 Å². The fourth-order valence-electron chi connectivity index (χ4n) is 2.26. The second kappa shape index (κ2) is 8.50. The van der Waals surface area contributed by atoms with Crippen LogP contribution in [0, 0.1) is 5.82 Å². The third-order valence-electron chi connectivity index (χ3n) is 3.54. The molecule has 0 saturated carbocycles. The quantitative estimate of drug-likeness (QED) is 0.785. The first kappa shape index (κ1) is 17.2. The van der Waals surface area contributed by atoms with Gasteiger partial charge in [-0.2, -0.15) is 0 Å². The average Bonchev–Trinajstić information content (AvgIpc) is 2.57. The highest BCUT2D eigenvalue weighted by Crippen LogP contribution is 2.30. The summed E-state index contributed by atoms with van der Waals surface area (Å²) in [7, 11) is 1.58. The third-order valence-corrected chi connectivity index (χ3v) is 3.54. The molecule has 124 valence electrons. The number of ether oxygens (including phenoxy) is 2. The minimum atomic E-state index is -0.232. The van der Waals surface area contributed by atoms with Gasteiger partial charge in [-0.3, -0.25) is 0 Å². The fraction of sp³-hybridized carbons (Fsp3) is 0.333. The summed E-state index contributed by atoms with van der Waals surface area (Å²) in [6.45, 7) is 2.78. The van der Waals surface area contributed by atoms with Crippen molar-refractivity contribution >= 4 is 0 Å². The first-order valence-corrected chi connectivity index (χ1v) is 7.53. The van der Waals surface area contributed by atoms with Crippen molar-refractivity contribution in [2.45, 2.75) is 19.5 Å². The molecule has 0 saturated heterocycles. The summed E-state index contributed by atoms with van der Waals surface area (Å²) in [5.74, 6) is 0.988. The van der Waals surface area contributed by atoms with Gasteiger partial charge in [-0.1, -0.05) is 18.2 Å². The number of halogens is 1. The Balaban J connectivity index is 2.02. The van der Waals surface area contributed by atoms with E-state index >= 15 is 0 Å².